The van der Waals surface area contributed by atoms with Crippen molar-refractivity contribution in [1.29, 1.82) is 0 Å². The summed E-state index contributed by atoms with van der Waals surface area (Å²) in [7, 11) is 0. The molecule has 0 unspecified atom stereocenters. The van der Waals surface area contributed by atoms with E-state index < -0.39 is 12.3 Å². The van der Waals surface area contributed by atoms with Crippen molar-refractivity contribution in [3.05, 3.63) is 12.7 Å². The summed E-state index contributed by atoms with van der Waals surface area (Å²) in [6.45, 7) is 2.77. The molecule has 0 aromatic heterocycles. The lowest BCUT2D eigenvalue weighted by atomic mass is 10.7. The monoisotopic (exact) mass is 176 g/mol. The Hall–Kier alpha value is -0.710. The Bertz CT molecular complexity index is 131. The predicted octanol–water partition coefficient (Wildman–Crippen LogP) is 1.66. The summed E-state index contributed by atoms with van der Waals surface area (Å²) in [6.07, 6.45) is -4.46. The van der Waals surface area contributed by atoms with Gasteiger partial charge in [-0.15, -0.1) is 25.6 Å². The van der Waals surface area contributed by atoms with E-state index in [4.69, 9.17) is 0 Å². The van der Waals surface area contributed by atoms with Gasteiger partial charge in [-0.05, 0) is 0 Å². The zero-order chi connectivity index (χ0) is 7.49. The highest BCUT2D eigenvalue weighted by atomic mass is 35.5. The molecular formula is C4H4ClF3O2. The van der Waals surface area contributed by atoms with Crippen LogP contribution < -0.4 is 0 Å². The van der Waals surface area contributed by atoms with Crippen molar-refractivity contribution in [3.63, 3.8) is 0 Å². The molecule has 0 spiro atoms. The first-order valence-corrected chi connectivity index (χ1v) is 1.88. The molecule has 6 heteroatoms. The minimum Gasteiger partial charge on any atom is -0.370 e. The van der Waals surface area contributed by atoms with Crippen LogP contribution in [0.5, 0.6) is 0 Å². The van der Waals surface area contributed by atoms with Crippen LogP contribution in [-0.4, -0.2) is 12.3 Å². The largest absolute Gasteiger partial charge is 0.575 e. The molecule has 10 heavy (non-hydrogen) atoms. The lowest BCUT2D eigenvalue weighted by Crippen LogP contribution is -2.17. The van der Waals surface area contributed by atoms with E-state index in [0.29, 0.717) is 6.08 Å². The zero-order valence-corrected chi connectivity index (χ0v) is 5.46. The summed E-state index contributed by atoms with van der Waals surface area (Å²) < 4.78 is 35.8. The SMILES string of the molecule is C=CC(=O)OC(F)(F)F.Cl. The van der Waals surface area contributed by atoms with E-state index in [2.05, 4.69) is 11.3 Å². The lowest BCUT2D eigenvalue weighted by Gasteiger charge is -2.02. The van der Waals surface area contributed by atoms with Gasteiger partial charge >= 0.3 is 12.3 Å². The molecule has 0 saturated heterocycles. The average Bonchev–Trinajstić information content (AvgIpc) is 1.62. The molecular weight excluding hydrogens is 172 g/mol. The van der Waals surface area contributed by atoms with E-state index in [1.165, 1.54) is 0 Å². The third-order valence-corrected chi connectivity index (χ3v) is 0.383. The molecule has 0 heterocycles. The van der Waals surface area contributed by atoms with Gasteiger partial charge in [-0.3, -0.25) is 0 Å². The van der Waals surface area contributed by atoms with E-state index in [1.807, 2.05) is 0 Å². The first kappa shape index (κ1) is 12.0. The summed E-state index contributed by atoms with van der Waals surface area (Å²) in [4.78, 5) is 9.77. The Morgan fingerprint density at radius 2 is 1.90 bits per heavy atom. The first-order valence-electron chi connectivity index (χ1n) is 1.88. The number of rotatable bonds is 1. The van der Waals surface area contributed by atoms with Crippen LogP contribution >= 0.6 is 12.4 Å². The van der Waals surface area contributed by atoms with E-state index in [1.54, 1.807) is 0 Å². The van der Waals surface area contributed by atoms with Crippen LogP contribution in [0.4, 0.5) is 13.2 Å². The number of alkyl halides is 3. The maximum atomic E-state index is 11.0. The fraction of sp³-hybridized carbons (Fsp3) is 0.250. The van der Waals surface area contributed by atoms with Gasteiger partial charge in [0.05, 0.1) is 0 Å². The quantitative estimate of drug-likeness (QED) is 0.449. The molecule has 0 aliphatic carbocycles. The summed E-state index contributed by atoms with van der Waals surface area (Å²) in [5, 5.41) is 0. The van der Waals surface area contributed by atoms with E-state index in [-0.39, 0.29) is 12.4 Å². The van der Waals surface area contributed by atoms with Crippen molar-refractivity contribution < 1.29 is 22.7 Å². The number of halogens is 4. The molecule has 2 nitrogen and oxygen atoms in total. The van der Waals surface area contributed by atoms with Crippen molar-refractivity contribution in [3.8, 4) is 0 Å². The normalized spacial score (nSPS) is 9.50. The van der Waals surface area contributed by atoms with Crippen LogP contribution in [0, 0.1) is 0 Å². The number of carbonyl (C=O) groups excluding carboxylic acids is 1. The number of hydrogen-bond donors (Lipinski definition) is 0. The Labute approximate surface area is 61.1 Å². The summed E-state index contributed by atoms with van der Waals surface area (Å²) in [5.41, 5.74) is 0. The number of hydrogen-bond acceptors (Lipinski definition) is 2. The Morgan fingerprint density at radius 1 is 1.50 bits per heavy atom. The standard InChI is InChI=1S/C4H3F3O2.ClH/c1-2-3(8)9-4(5,6)7;/h2H,1H2;1H. The number of esters is 1. The molecule has 0 bridgehead atoms. The topological polar surface area (TPSA) is 26.3 Å². The minimum atomic E-state index is -4.90. The second-order valence-corrected chi connectivity index (χ2v) is 1.07. The van der Waals surface area contributed by atoms with Gasteiger partial charge in [0, 0.05) is 6.08 Å². The van der Waals surface area contributed by atoms with Crippen LogP contribution in [0.25, 0.3) is 0 Å². The smallest absolute Gasteiger partial charge is 0.370 e. The first-order chi connectivity index (χ1) is 3.95. The minimum absolute atomic E-state index is 0. The Kier molecular flexibility index (Phi) is 5.00. The third-order valence-electron chi connectivity index (χ3n) is 0.383. The second kappa shape index (κ2) is 4.16. The predicted molar refractivity (Wildman–Crippen MR) is 29.6 cm³/mol. The summed E-state index contributed by atoms with van der Waals surface area (Å²) in [5.74, 6) is -1.50. The fourth-order valence-electron chi connectivity index (χ4n) is 0.156. The second-order valence-electron chi connectivity index (χ2n) is 1.07. The molecule has 0 atom stereocenters. The van der Waals surface area contributed by atoms with E-state index in [0.717, 1.165) is 0 Å². The van der Waals surface area contributed by atoms with Crippen molar-refractivity contribution in [2.24, 2.45) is 0 Å². The number of ether oxygens (including phenoxy) is 1. The van der Waals surface area contributed by atoms with Crippen molar-refractivity contribution in [2.45, 2.75) is 6.36 Å². The van der Waals surface area contributed by atoms with Crippen LogP contribution in [0.2, 0.25) is 0 Å². The lowest BCUT2D eigenvalue weighted by molar-refractivity contribution is -0.302. The van der Waals surface area contributed by atoms with Crippen molar-refractivity contribution in [2.75, 3.05) is 0 Å². The van der Waals surface area contributed by atoms with Crippen LogP contribution in [0.3, 0.4) is 0 Å². The Morgan fingerprint density at radius 3 is 2.00 bits per heavy atom. The highest BCUT2D eigenvalue weighted by Crippen LogP contribution is 2.15. The zero-order valence-electron chi connectivity index (χ0n) is 4.64. The maximum Gasteiger partial charge on any atom is 0.575 e. The Balaban J connectivity index is 0. The highest BCUT2D eigenvalue weighted by Gasteiger charge is 2.32. The maximum absolute atomic E-state index is 11.0. The van der Waals surface area contributed by atoms with Crippen LogP contribution in [0.1, 0.15) is 0 Å². The van der Waals surface area contributed by atoms with Gasteiger partial charge < -0.3 is 4.74 Å². The van der Waals surface area contributed by atoms with Gasteiger partial charge in [-0.2, -0.15) is 0 Å². The fourth-order valence-corrected chi connectivity index (χ4v) is 0.156. The molecule has 0 aliphatic rings. The number of carbonyl (C=O) groups is 1. The van der Waals surface area contributed by atoms with Gasteiger partial charge in [0.25, 0.3) is 0 Å². The highest BCUT2D eigenvalue weighted by molar-refractivity contribution is 5.85. The molecule has 0 fully saturated rings. The molecule has 0 aromatic carbocycles. The van der Waals surface area contributed by atoms with Gasteiger partial charge in [0.1, 0.15) is 0 Å². The molecule has 0 N–H and O–H groups in total. The van der Waals surface area contributed by atoms with Gasteiger partial charge in [-0.25, -0.2) is 4.79 Å². The van der Waals surface area contributed by atoms with Crippen LogP contribution in [-0.2, 0) is 9.53 Å². The van der Waals surface area contributed by atoms with E-state index in [9.17, 15) is 18.0 Å². The molecule has 0 aromatic rings. The molecule has 0 radical (unpaired) electrons. The van der Waals surface area contributed by atoms with Crippen molar-refractivity contribution in [1.82, 2.24) is 0 Å². The summed E-state index contributed by atoms with van der Waals surface area (Å²) >= 11 is 0. The molecule has 0 amide bonds. The van der Waals surface area contributed by atoms with Crippen molar-refractivity contribution >= 4 is 18.4 Å². The summed E-state index contributed by atoms with van der Waals surface area (Å²) in [6, 6.07) is 0. The van der Waals surface area contributed by atoms with Gasteiger partial charge in [0.15, 0.2) is 0 Å². The molecule has 0 rings (SSSR count). The average molecular weight is 177 g/mol. The molecule has 60 valence electrons. The van der Waals surface area contributed by atoms with Gasteiger partial charge in [-0.1, -0.05) is 6.58 Å². The molecule has 0 aliphatic heterocycles. The van der Waals surface area contributed by atoms with E-state index >= 15 is 0 Å². The molecule has 0 saturated carbocycles. The third kappa shape index (κ3) is 7.29. The van der Waals surface area contributed by atoms with Gasteiger partial charge in [0.2, 0.25) is 0 Å². The van der Waals surface area contributed by atoms with Crippen LogP contribution in [0.15, 0.2) is 12.7 Å².